The van der Waals surface area contributed by atoms with E-state index in [-0.39, 0.29) is 6.61 Å². The molecule has 0 unspecified atom stereocenters. The number of nitriles is 1. The van der Waals surface area contributed by atoms with Crippen molar-refractivity contribution >= 4 is 11.3 Å². The van der Waals surface area contributed by atoms with Gasteiger partial charge in [0.25, 0.3) is 0 Å². The minimum atomic E-state index is 0.207. The minimum Gasteiger partial charge on any atom is -0.396 e. The number of aliphatic hydroxyl groups excluding tert-OH is 1. The first kappa shape index (κ1) is 15.0. The van der Waals surface area contributed by atoms with Crippen LogP contribution >= 0.6 is 0 Å². The van der Waals surface area contributed by atoms with Crippen LogP contribution in [0.1, 0.15) is 18.4 Å². The second kappa shape index (κ2) is 6.90. The number of nitrogens with one attached hydrogen (secondary N) is 1. The molecule has 6 nitrogen and oxygen atoms in total. The Kier molecular flexibility index (Phi) is 4.50. The van der Waals surface area contributed by atoms with Gasteiger partial charge in [-0.15, -0.1) is 0 Å². The summed E-state index contributed by atoms with van der Waals surface area (Å²) in [4.78, 5) is 4.61. The Morgan fingerprint density at radius 2 is 2.17 bits per heavy atom. The first-order valence-corrected chi connectivity index (χ1v) is 7.51. The summed E-state index contributed by atoms with van der Waals surface area (Å²) >= 11 is 0. The smallest absolute Gasteiger partial charge is 0.126 e. The largest absolute Gasteiger partial charge is 0.396 e. The first-order valence-electron chi connectivity index (χ1n) is 7.51. The number of aliphatic hydroxyl groups is 1. The number of anilines is 1. The van der Waals surface area contributed by atoms with Crippen molar-refractivity contribution in [3.63, 3.8) is 0 Å². The summed E-state index contributed by atoms with van der Waals surface area (Å²) in [5, 5.41) is 25.4. The summed E-state index contributed by atoms with van der Waals surface area (Å²) in [6.45, 7) is 0.975. The van der Waals surface area contributed by atoms with Gasteiger partial charge in [0.15, 0.2) is 0 Å². The van der Waals surface area contributed by atoms with Crippen molar-refractivity contribution in [2.24, 2.45) is 0 Å². The molecular formula is C17H17N5O. The van der Waals surface area contributed by atoms with Crippen LogP contribution in [0.5, 0.6) is 0 Å². The number of hydrogen-bond acceptors (Lipinski definition) is 5. The van der Waals surface area contributed by atoms with Gasteiger partial charge in [-0.2, -0.15) is 10.4 Å². The van der Waals surface area contributed by atoms with Gasteiger partial charge in [0, 0.05) is 24.9 Å². The van der Waals surface area contributed by atoms with Crippen molar-refractivity contribution in [3.05, 3.63) is 48.3 Å². The lowest BCUT2D eigenvalue weighted by Gasteiger charge is -2.06. The molecule has 3 aromatic rings. The monoisotopic (exact) mass is 307 g/mol. The van der Waals surface area contributed by atoms with Crippen LogP contribution in [0.2, 0.25) is 0 Å². The Bertz CT molecular complexity index is 850. The summed E-state index contributed by atoms with van der Waals surface area (Å²) in [7, 11) is 0. The van der Waals surface area contributed by atoms with E-state index in [1.807, 2.05) is 24.3 Å². The molecule has 0 saturated carbocycles. The van der Waals surface area contributed by atoms with E-state index >= 15 is 0 Å². The summed E-state index contributed by atoms with van der Waals surface area (Å²) < 4.78 is 1.74. The second-order valence-corrected chi connectivity index (χ2v) is 5.18. The van der Waals surface area contributed by atoms with Crippen LogP contribution in [-0.4, -0.2) is 32.9 Å². The fourth-order valence-corrected chi connectivity index (χ4v) is 2.38. The SMILES string of the molecule is N#Cc1ccn2ncc(-c3cccc(NCCCCO)n3)c2c1. The third-order valence-corrected chi connectivity index (χ3v) is 3.57. The topological polar surface area (TPSA) is 86.2 Å². The molecular weight excluding hydrogens is 290 g/mol. The van der Waals surface area contributed by atoms with Gasteiger partial charge in [0.2, 0.25) is 0 Å². The van der Waals surface area contributed by atoms with Crippen molar-refractivity contribution in [1.82, 2.24) is 14.6 Å². The van der Waals surface area contributed by atoms with Crippen LogP contribution in [0, 0.1) is 11.3 Å². The van der Waals surface area contributed by atoms with Crippen molar-refractivity contribution in [2.75, 3.05) is 18.5 Å². The van der Waals surface area contributed by atoms with Gasteiger partial charge >= 0.3 is 0 Å². The molecule has 0 aliphatic rings. The highest BCUT2D eigenvalue weighted by Gasteiger charge is 2.09. The Labute approximate surface area is 134 Å². The molecule has 0 aliphatic carbocycles. The fraction of sp³-hybridized carbons (Fsp3) is 0.235. The molecule has 0 saturated heterocycles. The predicted octanol–water partition coefficient (Wildman–Crippen LogP) is 2.45. The molecule has 0 atom stereocenters. The van der Waals surface area contributed by atoms with Crippen LogP contribution in [0.25, 0.3) is 16.8 Å². The van der Waals surface area contributed by atoms with E-state index in [4.69, 9.17) is 10.4 Å². The highest BCUT2D eigenvalue weighted by molar-refractivity contribution is 5.79. The molecule has 3 aromatic heterocycles. The van der Waals surface area contributed by atoms with Crippen LogP contribution in [-0.2, 0) is 0 Å². The Morgan fingerprint density at radius 1 is 1.26 bits per heavy atom. The van der Waals surface area contributed by atoms with Crippen molar-refractivity contribution in [2.45, 2.75) is 12.8 Å². The number of unbranched alkanes of at least 4 members (excludes halogenated alkanes) is 1. The highest BCUT2D eigenvalue weighted by atomic mass is 16.2. The summed E-state index contributed by atoms with van der Waals surface area (Å²) in [6, 6.07) is 11.5. The molecule has 0 bridgehead atoms. The van der Waals surface area contributed by atoms with Gasteiger partial charge < -0.3 is 10.4 Å². The van der Waals surface area contributed by atoms with Gasteiger partial charge in [0.1, 0.15) is 5.82 Å². The zero-order chi connectivity index (χ0) is 16.1. The zero-order valence-electron chi connectivity index (χ0n) is 12.6. The lowest BCUT2D eigenvalue weighted by molar-refractivity contribution is 0.286. The number of aromatic nitrogens is 3. The molecule has 3 rings (SSSR count). The Hall–Kier alpha value is -2.91. The maximum atomic E-state index is 9.06. The fourth-order valence-electron chi connectivity index (χ4n) is 2.38. The van der Waals surface area contributed by atoms with Crippen molar-refractivity contribution < 1.29 is 5.11 Å². The third-order valence-electron chi connectivity index (χ3n) is 3.57. The van der Waals surface area contributed by atoms with Gasteiger partial charge in [-0.05, 0) is 37.1 Å². The number of nitrogens with zero attached hydrogens (tertiary/aromatic N) is 4. The van der Waals surface area contributed by atoms with Crippen LogP contribution < -0.4 is 5.32 Å². The van der Waals surface area contributed by atoms with E-state index in [1.54, 1.807) is 23.0 Å². The molecule has 0 amide bonds. The highest BCUT2D eigenvalue weighted by Crippen LogP contribution is 2.24. The predicted molar refractivity (Wildman–Crippen MR) is 87.9 cm³/mol. The average Bonchev–Trinajstić information content (AvgIpc) is 3.02. The standard InChI is InChI=1S/C17H17N5O/c18-11-13-6-8-22-16(10-13)14(12-20-22)15-4-3-5-17(21-15)19-7-1-2-9-23/h3-6,8,10,12,23H,1-2,7,9H2,(H,19,21). The number of hydrogen-bond donors (Lipinski definition) is 2. The van der Waals surface area contributed by atoms with E-state index < -0.39 is 0 Å². The van der Waals surface area contributed by atoms with Crippen molar-refractivity contribution in [3.8, 4) is 17.3 Å². The summed E-state index contributed by atoms with van der Waals surface area (Å²) in [5.74, 6) is 0.788. The van der Waals surface area contributed by atoms with Gasteiger partial charge in [-0.25, -0.2) is 9.50 Å². The van der Waals surface area contributed by atoms with Crippen LogP contribution in [0.15, 0.2) is 42.7 Å². The molecule has 0 spiro atoms. The average molecular weight is 307 g/mol. The van der Waals surface area contributed by atoms with Crippen LogP contribution in [0.3, 0.4) is 0 Å². The van der Waals surface area contributed by atoms with Gasteiger partial charge in [0.05, 0.1) is 29.0 Å². The third kappa shape index (κ3) is 3.30. The van der Waals surface area contributed by atoms with Crippen molar-refractivity contribution in [1.29, 1.82) is 5.26 Å². The number of fused-ring (bicyclic) bond motifs is 1. The first-order chi connectivity index (χ1) is 11.3. The summed E-state index contributed by atoms with van der Waals surface area (Å²) in [6.07, 6.45) is 5.20. The lowest BCUT2D eigenvalue weighted by Crippen LogP contribution is -2.04. The Morgan fingerprint density at radius 3 is 3.00 bits per heavy atom. The number of rotatable bonds is 6. The van der Waals surface area contributed by atoms with E-state index in [2.05, 4.69) is 21.5 Å². The zero-order valence-corrected chi connectivity index (χ0v) is 12.6. The minimum absolute atomic E-state index is 0.207. The second-order valence-electron chi connectivity index (χ2n) is 5.18. The molecule has 116 valence electrons. The van der Waals surface area contributed by atoms with Crippen LogP contribution in [0.4, 0.5) is 5.82 Å². The number of pyridine rings is 2. The van der Waals surface area contributed by atoms with E-state index in [1.165, 1.54) is 0 Å². The van der Waals surface area contributed by atoms with E-state index in [0.717, 1.165) is 42.0 Å². The van der Waals surface area contributed by atoms with E-state index in [0.29, 0.717) is 5.56 Å². The summed E-state index contributed by atoms with van der Waals surface area (Å²) in [5.41, 5.74) is 3.15. The normalized spacial score (nSPS) is 10.6. The molecule has 0 fully saturated rings. The Balaban J connectivity index is 1.88. The molecule has 0 radical (unpaired) electrons. The maximum Gasteiger partial charge on any atom is 0.126 e. The molecule has 3 heterocycles. The van der Waals surface area contributed by atoms with Gasteiger partial charge in [-0.1, -0.05) is 6.07 Å². The molecule has 0 aliphatic heterocycles. The molecule has 0 aromatic carbocycles. The van der Waals surface area contributed by atoms with E-state index in [9.17, 15) is 0 Å². The quantitative estimate of drug-likeness (QED) is 0.683. The maximum absolute atomic E-state index is 9.06. The lowest BCUT2D eigenvalue weighted by atomic mass is 10.1. The molecule has 2 N–H and O–H groups in total. The van der Waals surface area contributed by atoms with Gasteiger partial charge in [-0.3, -0.25) is 0 Å². The molecule has 6 heteroatoms. The molecule has 23 heavy (non-hydrogen) atoms.